The summed E-state index contributed by atoms with van der Waals surface area (Å²) in [6.45, 7) is 0.593. The molecule has 0 saturated heterocycles. The fourth-order valence-electron chi connectivity index (χ4n) is 1.81. The molecule has 2 aromatic rings. The maximum Gasteiger partial charge on any atom is 0.126 e. The third kappa shape index (κ3) is 3.23. The van der Waals surface area contributed by atoms with E-state index in [0.717, 1.165) is 5.69 Å². The van der Waals surface area contributed by atoms with Crippen LogP contribution in [-0.2, 0) is 6.42 Å². The highest BCUT2D eigenvalue weighted by Gasteiger charge is 2.02. The maximum absolute atomic E-state index is 13.4. The predicted molar refractivity (Wildman–Crippen MR) is 74.2 cm³/mol. The molecule has 0 aliphatic heterocycles. The minimum absolute atomic E-state index is 0.195. The van der Waals surface area contributed by atoms with Gasteiger partial charge in [0.2, 0.25) is 0 Å². The molecule has 0 amide bonds. The minimum Gasteiger partial charge on any atom is -0.398 e. The summed E-state index contributed by atoms with van der Waals surface area (Å²) in [5, 5.41) is 12.0. The Hall–Kier alpha value is -2.54. The summed E-state index contributed by atoms with van der Waals surface area (Å²) >= 11 is 0. The van der Waals surface area contributed by atoms with E-state index in [-0.39, 0.29) is 5.82 Å². The standard InChI is InChI=1S/C15H14FN3/c16-14-4-2-1-3-11(14)7-8-19-13-5-6-15(18)12(9-13)10-17/h1-6,9,19H,7-8,18H2. The van der Waals surface area contributed by atoms with Gasteiger partial charge >= 0.3 is 0 Å². The average Bonchev–Trinajstić information content (AvgIpc) is 2.43. The molecule has 0 bridgehead atoms. The van der Waals surface area contributed by atoms with Gasteiger partial charge in [0.15, 0.2) is 0 Å². The van der Waals surface area contributed by atoms with E-state index >= 15 is 0 Å². The van der Waals surface area contributed by atoms with Gasteiger partial charge in [-0.05, 0) is 36.2 Å². The molecule has 0 atom stereocenters. The van der Waals surface area contributed by atoms with E-state index in [2.05, 4.69) is 5.32 Å². The lowest BCUT2D eigenvalue weighted by atomic mass is 10.1. The Morgan fingerprint density at radius 1 is 1.21 bits per heavy atom. The molecule has 0 aliphatic rings. The van der Waals surface area contributed by atoms with Crippen LogP contribution in [0.3, 0.4) is 0 Å². The zero-order chi connectivity index (χ0) is 13.7. The number of halogens is 1. The molecule has 0 radical (unpaired) electrons. The number of nitrogens with one attached hydrogen (secondary N) is 1. The predicted octanol–water partition coefficient (Wildman–Crippen LogP) is 2.93. The fraction of sp³-hybridized carbons (Fsp3) is 0.133. The number of rotatable bonds is 4. The summed E-state index contributed by atoms with van der Waals surface area (Å²) in [5.74, 6) is -0.195. The van der Waals surface area contributed by atoms with E-state index in [1.54, 1.807) is 30.3 Å². The first-order valence-corrected chi connectivity index (χ1v) is 5.97. The second kappa shape index (κ2) is 5.87. The smallest absolute Gasteiger partial charge is 0.126 e. The van der Waals surface area contributed by atoms with Gasteiger partial charge in [0, 0.05) is 17.9 Å². The molecular weight excluding hydrogens is 241 g/mol. The van der Waals surface area contributed by atoms with Gasteiger partial charge in [-0.3, -0.25) is 0 Å². The van der Waals surface area contributed by atoms with Crippen LogP contribution in [0.25, 0.3) is 0 Å². The Morgan fingerprint density at radius 3 is 2.74 bits per heavy atom. The number of nitrogens with zero attached hydrogens (tertiary/aromatic N) is 1. The van der Waals surface area contributed by atoms with E-state index in [9.17, 15) is 4.39 Å². The summed E-state index contributed by atoms with van der Waals surface area (Å²) in [6, 6.07) is 13.9. The Bertz CT molecular complexity index is 617. The lowest BCUT2D eigenvalue weighted by Crippen LogP contribution is -2.06. The fourth-order valence-corrected chi connectivity index (χ4v) is 1.81. The summed E-state index contributed by atoms with van der Waals surface area (Å²) < 4.78 is 13.4. The number of hydrogen-bond donors (Lipinski definition) is 2. The molecule has 3 N–H and O–H groups in total. The first-order valence-electron chi connectivity index (χ1n) is 5.97. The van der Waals surface area contributed by atoms with Gasteiger partial charge in [-0.2, -0.15) is 5.26 Å². The van der Waals surface area contributed by atoms with E-state index in [1.165, 1.54) is 6.07 Å². The summed E-state index contributed by atoms with van der Waals surface area (Å²) in [7, 11) is 0. The molecule has 96 valence electrons. The number of nitrogens with two attached hydrogens (primary N) is 1. The number of anilines is 2. The van der Waals surface area contributed by atoms with Crippen molar-refractivity contribution in [3.05, 3.63) is 59.4 Å². The first kappa shape index (κ1) is 12.9. The molecule has 0 aromatic heterocycles. The SMILES string of the molecule is N#Cc1cc(NCCc2ccccc2F)ccc1N. The number of hydrogen-bond acceptors (Lipinski definition) is 3. The molecule has 19 heavy (non-hydrogen) atoms. The molecular formula is C15H14FN3. The molecule has 3 nitrogen and oxygen atoms in total. The monoisotopic (exact) mass is 255 g/mol. The Kier molecular flexibility index (Phi) is 3.99. The molecule has 0 aliphatic carbocycles. The van der Waals surface area contributed by atoms with Crippen LogP contribution < -0.4 is 11.1 Å². The number of nitrogen functional groups attached to an aromatic ring is 1. The van der Waals surface area contributed by atoms with Gasteiger partial charge in [0.05, 0.1) is 5.56 Å². The second-order valence-corrected chi connectivity index (χ2v) is 4.18. The number of benzene rings is 2. The van der Waals surface area contributed by atoms with Crippen molar-refractivity contribution in [1.82, 2.24) is 0 Å². The van der Waals surface area contributed by atoms with E-state index in [1.807, 2.05) is 12.1 Å². The van der Waals surface area contributed by atoms with Crippen LogP contribution in [0.1, 0.15) is 11.1 Å². The zero-order valence-electron chi connectivity index (χ0n) is 10.4. The van der Waals surface area contributed by atoms with Crippen LogP contribution >= 0.6 is 0 Å². The molecule has 0 unspecified atom stereocenters. The average molecular weight is 255 g/mol. The van der Waals surface area contributed by atoms with Crippen molar-refractivity contribution in [1.29, 1.82) is 5.26 Å². The Labute approximate surface area is 111 Å². The van der Waals surface area contributed by atoms with Crippen molar-refractivity contribution in [3.8, 4) is 6.07 Å². The highest BCUT2D eigenvalue weighted by atomic mass is 19.1. The summed E-state index contributed by atoms with van der Waals surface area (Å²) in [6.07, 6.45) is 0.582. The van der Waals surface area contributed by atoms with E-state index in [0.29, 0.717) is 29.8 Å². The third-order valence-electron chi connectivity index (χ3n) is 2.86. The van der Waals surface area contributed by atoms with Crippen LogP contribution in [0.15, 0.2) is 42.5 Å². The van der Waals surface area contributed by atoms with Gasteiger partial charge in [-0.25, -0.2) is 4.39 Å². The van der Waals surface area contributed by atoms with Crippen molar-refractivity contribution in [3.63, 3.8) is 0 Å². The summed E-state index contributed by atoms with van der Waals surface area (Å²) in [5.41, 5.74) is 8.02. The Morgan fingerprint density at radius 2 is 2.00 bits per heavy atom. The second-order valence-electron chi connectivity index (χ2n) is 4.18. The normalized spacial score (nSPS) is 9.89. The molecule has 0 fully saturated rings. The van der Waals surface area contributed by atoms with Crippen molar-refractivity contribution in [2.24, 2.45) is 0 Å². The van der Waals surface area contributed by atoms with Crippen molar-refractivity contribution < 1.29 is 4.39 Å². The van der Waals surface area contributed by atoms with Crippen LogP contribution in [0.4, 0.5) is 15.8 Å². The maximum atomic E-state index is 13.4. The topological polar surface area (TPSA) is 61.8 Å². The molecule has 4 heteroatoms. The Balaban J connectivity index is 1.97. The van der Waals surface area contributed by atoms with Gasteiger partial charge in [-0.15, -0.1) is 0 Å². The quantitative estimate of drug-likeness (QED) is 0.826. The van der Waals surface area contributed by atoms with Gasteiger partial charge < -0.3 is 11.1 Å². The highest BCUT2D eigenvalue weighted by molar-refractivity contribution is 5.61. The van der Waals surface area contributed by atoms with Crippen molar-refractivity contribution >= 4 is 11.4 Å². The highest BCUT2D eigenvalue weighted by Crippen LogP contribution is 2.17. The molecule has 0 saturated carbocycles. The van der Waals surface area contributed by atoms with E-state index in [4.69, 9.17) is 11.0 Å². The van der Waals surface area contributed by atoms with E-state index < -0.39 is 0 Å². The largest absolute Gasteiger partial charge is 0.398 e. The lowest BCUT2D eigenvalue weighted by Gasteiger charge is -2.08. The van der Waals surface area contributed by atoms with Gasteiger partial charge in [-0.1, -0.05) is 18.2 Å². The molecule has 2 rings (SSSR count). The van der Waals surface area contributed by atoms with Crippen LogP contribution in [0.2, 0.25) is 0 Å². The first-order chi connectivity index (χ1) is 9.20. The van der Waals surface area contributed by atoms with Crippen LogP contribution in [0, 0.1) is 17.1 Å². The molecule has 0 spiro atoms. The minimum atomic E-state index is -0.195. The number of nitriles is 1. The van der Waals surface area contributed by atoms with Gasteiger partial charge in [0.1, 0.15) is 11.9 Å². The molecule has 2 aromatic carbocycles. The summed E-state index contributed by atoms with van der Waals surface area (Å²) in [4.78, 5) is 0. The molecule has 0 heterocycles. The lowest BCUT2D eigenvalue weighted by molar-refractivity contribution is 0.610. The van der Waals surface area contributed by atoms with Crippen LogP contribution in [-0.4, -0.2) is 6.54 Å². The zero-order valence-corrected chi connectivity index (χ0v) is 10.4. The third-order valence-corrected chi connectivity index (χ3v) is 2.86. The van der Waals surface area contributed by atoms with Crippen molar-refractivity contribution in [2.75, 3.05) is 17.6 Å². The van der Waals surface area contributed by atoms with Gasteiger partial charge in [0.25, 0.3) is 0 Å². The van der Waals surface area contributed by atoms with Crippen molar-refractivity contribution in [2.45, 2.75) is 6.42 Å². The van der Waals surface area contributed by atoms with Crippen LogP contribution in [0.5, 0.6) is 0 Å².